The van der Waals surface area contributed by atoms with Crippen molar-refractivity contribution in [2.24, 2.45) is 0 Å². The molecular weight excluding hydrogens is 249 g/mol. The minimum atomic E-state index is -0.855. The zero-order valence-electron chi connectivity index (χ0n) is 11.5. The Hall–Kier alpha value is -1.62. The Balaban J connectivity index is 2.96. The number of methoxy groups -OCH3 is 1. The molecule has 106 valence electrons. The van der Waals surface area contributed by atoms with Crippen LogP contribution in [0.15, 0.2) is 18.2 Å². The van der Waals surface area contributed by atoms with Crippen LogP contribution in [-0.2, 0) is 4.79 Å². The summed E-state index contributed by atoms with van der Waals surface area (Å²) >= 11 is 0. The summed E-state index contributed by atoms with van der Waals surface area (Å²) < 4.78 is 19.1. The number of rotatable bonds is 7. The smallest absolute Gasteiger partial charge is 0.304 e. The molecule has 1 aromatic carbocycles. The van der Waals surface area contributed by atoms with Crippen molar-refractivity contribution >= 4 is 5.97 Å². The topological polar surface area (TPSA) is 49.8 Å². The van der Waals surface area contributed by atoms with E-state index in [2.05, 4.69) is 0 Å². The van der Waals surface area contributed by atoms with E-state index in [-0.39, 0.29) is 18.3 Å². The zero-order chi connectivity index (χ0) is 14.4. The lowest BCUT2D eigenvalue weighted by Gasteiger charge is -2.28. The van der Waals surface area contributed by atoms with Gasteiger partial charge in [0.2, 0.25) is 0 Å². The highest BCUT2D eigenvalue weighted by Gasteiger charge is 2.21. The Labute approximate surface area is 112 Å². The second-order valence-corrected chi connectivity index (χ2v) is 4.30. The summed E-state index contributed by atoms with van der Waals surface area (Å²) in [5.74, 6) is -0.701. The molecule has 0 amide bonds. The Kier molecular flexibility index (Phi) is 5.76. The maximum atomic E-state index is 14.0. The fourth-order valence-electron chi connectivity index (χ4n) is 2.15. The first-order valence-corrected chi connectivity index (χ1v) is 6.29. The standard InChI is InChI=1S/C14H20FNO3/c1-4-16(9-8-13(17)18)10(2)14-11(15)6-5-7-12(14)19-3/h5-7,10H,4,8-9H2,1-3H3,(H,17,18). The zero-order valence-corrected chi connectivity index (χ0v) is 11.5. The summed E-state index contributed by atoms with van der Waals surface area (Å²) in [5.41, 5.74) is 0.470. The molecule has 4 nitrogen and oxygen atoms in total. The van der Waals surface area contributed by atoms with E-state index in [4.69, 9.17) is 9.84 Å². The molecule has 0 fully saturated rings. The van der Waals surface area contributed by atoms with E-state index < -0.39 is 5.97 Å². The Morgan fingerprint density at radius 3 is 2.74 bits per heavy atom. The fourth-order valence-corrected chi connectivity index (χ4v) is 2.15. The first kappa shape index (κ1) is 15.4. The van der Waals surface area contributed by atoms with Crippen molar-refractivity contribution in [1.82, 2.24) is 4.90 Å². The predicted octanol–water partition coefficient (Wildman–Crippen LogP) is 2.69. The maximum Gasteiger partial charge on any atom is 0.304 e. The van der Waals surface area contributed by atoms with Crippen LogP contribution in [0.3, 0.4) is 0 Å². The molecule has 0 aliphatic heterocycles. The molecule has 19 heavy (non-hydrogen) atoms. The van der Waals surface area contributed by atoms with Gasteiger partial charge < -0.3 is 9.84 Å². The van der Waals surface area contributed by atoms with Crippen molar-refractivity contribution in [2.75, 3.05) is 20.2 Å². The first-order chi connectivity index (χ1) is 9.01. The highest BCUT2D eigenvalue weighted by atomic mass is 19.1. The van der Waals surface area contributed by atoms with Crippen LogP contribution in [0.4, 0.5) is 4.39 Å². The van der Waals surface area contributed by atoms with Gasteiger partial charge in [-0.05, 0) is 25.6 Å². The highest BCUT2D eigenvalue weighted by molar-refractivity contribution is 5.66. The third-order valence-electron chi connectivity index (χ3n) is 3.22. The van der Waals surface area contributed by atoms with Gasteiger partial charge in [-0.25, -0.2) is 4.39 Å². The van der Waals surface area contributed by atoms with E-state index in [1.807, 2.05) is 18.7 Å². The number of carboxylic acids is 1. The van der Waals surface area contributed by atoms with Crippen molar-refractivity contribution < 1.29 is 19.0 Å². The predicted molar refractivity (Wildman–Crippen MR) is 70.9 cm³/mol. The third-order valence-corrected chi connectivity index (χ3v) is 3.22. The number of carboxylic acid groups (broad SMARTS) is 1. The number of nitrogens with zero attached hydrogens (tertiary/aromatic N) is 1. The van der Waals surface area contributed by atoms with Crippen molar-refractivity contribution in [3.05, 3.63) is 29.6 Å². The fraction of sp³-hybridized carbons (Fsp3) is 0.500. The van der Waals surface area contributed by atoms with Gasteiger partial charge in [0.15, 0.2) is 0 Å². The number of carbonyl (C=O) groups is 1. The molecule has 1 aromatic rings. The molecule has 0 aliphatic carbocycles. The SMILES string of the molecule is CCN(CCC(=O)O)C(C)c1c(F)cccc1OC. The van der Waals surface area contributed by atoms with Crippen molar-refractivity contribution in [3.63, 3.8) is 0 Å². The Morgan fingerprint density at radius 1 is 1.53 bits per heavy atom. The lowest BCUT2D eigenvalue weighted by Crippen LogP contribution is -2.30. The van der Waals surface area contributed by atoms with E-state index in [9.17, 15) is 9.18 Å². The second kappa shape index (κ2) is 7.09. The summed E-state index contributed by atoms with van der Waals surface area (Å²) in [6.45, 7) is 4.80. The normalized spacial score (nSPS) is 12.5. The number of ether oxygens (including phenoxy) is 1. The van der Waals surface area contributed by atoms with Crippen LogP contribution in [-0.4, -0.2) is 36.2 Å². The summed E-state index contributed by atoms with van der Waals surface area (Å²) in [6.07, 6.45) is 0.0367. The van der Waals surface area contributed by atoms with Gasteiger partial charge in [-0.1, -0.05) is 13.0 Å². The van der Waals surface area contributed by atoms with Gasteiger partial charge in [0.1, 0.15) is 11.6 Å². The third kappa shape index (κ3) is 3.92. The van der Waals surface area contributed by atoms with E-state index in [0.29, 0.717) is 24.4 Å². The van der Waals surface area contributed by atoms with Gasteiger partial charge in [0.05, 0.1) is 13.5 Å². The van der Waals surface area contributed by atoms with E-state index >= 15 is 0 Å². The lowest BCUT2D eigenvalue weighted by molar-refractivity contribution is -0.137. The molecule has 1 N–H and O–H groups in total. The number of hydrogen-bond acceptors (Lipinski definition) is 3. The monoisotopic (exact) mass is 269 g/mol. The molecule has 0 spiro atoms. The van der Waals surface area contributed by atoms with Crippen LogP contribution < -0.4 is 4.74 Å². The van der Waals surface area contributed by atoms with Crippen molar-refractivity contribution in [2.45, 2.75) is 26.3 Å². The minimum Gasteiger partial charge on any atom is -0.496 e. The van der Waals surface area contributed by atoms with Gasteiger partial charge in [-0.3, -0.25) is 9.69 Å². The average molecular weight is 269 g/mol. The van der Waals surface area contributed by atoms with Gasteiger partial charge >= 0.3 is 5.97 Å². The molecule has 0 bridgehead atoms. The molecule has 0 heterocycles. The summed E-state index contributed by atoms with van der Waals surface area (Å²) in [5, 5.41) is 8.74. The largest absolute Gasteiger partial charge is 0.496 e. The number of hydrogen-bond donors (Lipinski definition) is 1. The molecule has 0 aromatic heterocycles. The van der Waals surface area contributed by atoms with Crippen LogP contribution in [0, 0.1) is 5.82 Å². The highest BCUT2D eigenvalue weighted by Crippen LogP contribution is 2.31. The second-order valence-electron chi connectivity index (χ2n) is 4.30. The molecular formula is C14H20FNO3. The van der Waals surface area contributed by atoms with Gasteiger partial charge in [-0.15, -0.1) is 0 Å². The number of halogens is 1. The van der Waals surface area contributed by atoms with Crippen LogP contribution in [0.25, 0.3) is 0 Å². The molecule has 0 radical (unpaired) electrons. The molecule has 0 saturated heterocycles. The molecule has 0 aliphatic rings. The summed E-state index contributed by atoms with van der Waals surface area (Å²) in [7, 11) is 1.50. The first-order valence-electron chi connectivity index (χ1n) is 6.29. The molecule has 5 heteroatoms. The van der Waals surface area contributed by atoms with Crippen LogP contribution >= 0.6 is 0 Å². The average Bonchev–Trinajstić information content (AvgIpc) is 2.38. The van der Waals surface area contributed by atoms with Crippen LogP contribution in [0.1, 0.15) is 31.9 Å². The Morgan fingerprint density at radius 2 is 2.21 bits per heavy atom. The van der Waals surface area contributed by atoms with Crippen molar-refractivity contribution in [3.8, 4) is 5.75 Å². The number of benzene rings is 1. The summed E-state index contributed by atoms with van der Waals surface area (Å²) in [6, 6.07) is 4.46. The van der Waals surface area contributed by atoms with E-state index in [1.165, 1.54) is 13.2 Å². The van der Waals surface area contributed by atoms with E-state index in [1.54, 1.807) is 12.1 Å². The number of aliphatic carboxylic acids is 1. The van der Waals surface area contributed by atoms with Crippen LogP contribution in [0.2, 0.25) is 0 Å². The van der Waals surface area contributed by atoms with Gasteiger partial charge in [-0.2, -0.15) is 0 Å². The maximum absolute atomic E-state index is 14.0. The van der Waals surface area contributed by atoms with Gasteiger partial charge in [0.25, 0.3) is 0 Å². The molecule has 1 rings (SSSR count). The summed E-state index contributed by atoms with van der Waals surface area (Å²) in [4.78, 5) is 12.6. The van der Waals surface area contributed by atoms with E-state index in [0.717, 1.165) is 0 Å². The van der Waals surface area contributed by atoms with Crippen molar-refractivity contribution in [1.29, 1.82) is 0 Å². The minimum absolute atomic E-state index is 0.0367. The molecule has 1 atom stereocenters. The van der Waals surface area contributed by atoms with Gasteiger partial charge in [0, 0.05) is 18.2 Å². The quantitative estimate of drug-likeness (QED) is 0.827. The molecule has 0 saturated carbocycles. The lowest BCUT2D eigenvalue weighted by atomic mass is 10.0. The molecule has 1 unspecified atom stereocenters. The Bertz CT molecular complexity index is 437. The van der Waals surface area contributed by atoms with Crippen LogP contribution in [0.5, 0.6) is 5.75 Å².